The summed E-state index contributed by atoms with van der Waals surface area (Å²) in [7, 11) is 2.23. The number of carbonyl (C=O) groups excluding carboxylic acids is 1. The molecule has 0 saturated carbocycles. The molecule has 7 heteroatoms. The zero-order valence-corrected chi connectivity index (χ0v) is 10.7. The summed E-state index contributed by atoms with van der Waals surface area (Å²) in [6, 6.07) is 0.671. The molecule has 0 spiro atoms. The molecule has 1 N–H and O–H groups in total. The maximum Gasteiger partial charge on any atom is 0.500 e. The molecule has 6 nitrogen and oxygen atoms in total. The van der Waals surface area contributed by atoms with E-state index in [1.807, 2.05) is 0 Å². The minimum atomic E-state index is -2.48. The minimum absolute atomic E-state index is 0.358. The van der Waals surface area contributed by atoms with Gasteiger partial charge in [-0.2, -0.15) is 5.48 Å². The molecule has 0 aliphatic rings. The molecule has 0 bridgehead atoms. The van der Waals surface area contributed by atoms with Crippen LogP contribution >= 0.6 is 0 Å². The molecule has 0 aliphatic carbocycles. The first-order valence-corrected chi connectivity index (χ1v) is 6.59. The Bertz CT molecular complexity index is 178. The highest BCUT2D eigenvalue weighted by molar-refractivity contribution is 6.60. The van der Waals surface area contributed by atoms with E-state index >= 15 is 0 Å². The SMILES string of the molecule is CO[Si](CCCNOC(C)=O)(OC)OC. The molecule has 0 radical (unpaired) electrons. The normalized spacial score (nSPS) is 11.5. The van der Waals surface area contributed by atoms with E-state index in [9.17, 15) is 4.79 Å². The molecule has 0 saturated heterocycles. The van der Waals surface area contributed by atoms with Crippen LogP contribution in [-0.4, -0.2) is 42.6 Å². The van der Waals surface area contributed by atoms with E-state index in [-0.39, 0.29) is 5.97 Å². The standard InChI is InChI=1S/C8H19NO5Si/c1-8(10)14-9-6-5-7-15(11-2,12-3)13-4/h9H,5-7H2,1-4H3. The summed E-state index contributed by atoms with van der Waals surface area (Å²) in [5.74, 6) is -0.358. The Labute approximate surface area is 91.2 Å². The summed E-state index contributed by atoms with van der Waals surface area (Å²) < 4.78 is 15.7. The largest absolute Gasteiger partial charge is 0.500 e. The van der Waals surface area contributed by atoms with Gasteiger partial charge in [0.25, 0.3) is 0 Å². The molecular weight excluding hydrogens is 218 g/mol. The van der Waals surface area contributed by atoms with Crippen molar-refractivity contribution in [2.75, 3.05) is 27.9 Å². The van der Waals surface area contributed by atoms with E-state index in [4.69, 9.17) is 13.3 Å². The van der Waals surface area contributed by atoms with E-state index in [1.165, 1.54) is 6.92 Å². The van der Waals surface area contributed by atoms with Gasteiger partial charge < -0.3 is 18.1 Å². The van der Waals surface area contributed by atoms with Gasteiger partial charge in [0.15, 0.2) is 0 Å². The molecule has 0 aromatic carbocycles. The molecule has 0 atom stereocenters. The van der Waals surface area contributed by atoms with Crippen molar-refractivity contribution < 1.29 is 22.9 Å². The first kappa shape index (κ1) is 14.5. The van der Waals surface area contributed by atoms with Crippen LogP contribution < -0.4 is 5.48 Å². The third kappa shape index (κ3) is 5.85. The van der Waals surface area contributed by atoms with Crippen molar-refractivity contribution in [1.82, 2.24) is 5.48 Å². The van der Waals surface area contributed by atoms with Crippen molar-refractivity contribution in [1.29, 1.82) is 0 Å². The number of rotatable bonds is 8. The summed E-state index contributed by atoms with van der Waals surface area (Å²) >= 11 is 0. The monoisotopic (exact) mass is 237 g/mol. The van der Waals surface area contributed by atoms with Crippen molar-refractivity contribution in [2.24, 2.45) is 0 Å². The van der Waals surface area contributed by atoms with Gasteiger partial charge in [0.05, 0.1) is 0 Å². The van der Waals surface area contributed by atoms with E-state index < -0.39 is 8.80 Å². The fourth-order valence-electron chi connectivity index (χ4n) is 1.09. The van der Waals surface area contributed by atoms with Crippen LogP contribution in [0.15, 0.2) is 0 Å². The summed E-state index contributed by atoms with van der Waals surface area (Å²) in [6.07, 6.45) is 0.745. The van der Waals surface area contributed by atoms with E-state index in [0.29, 0.717) is 12.6 Å². The Kier molecular flexibility index (Phi) is 7.53. The first-order chi connectivity index (χ1) is 7.10. The lowest BCUT2D eigenvalue weighted by Gasteiger charge is -2.24. The van der Waals surface area contributed by atoms with Crippen LogP contribution in [0.4, 0.5) is 0 Å². The predicted molar refractivity (Wildman–Crippen MR) is 56.0 cm³/mol. The van der Waals surface area contributed by atoms with E-state index in [2.05, 4.69) is 10.3 Å². The van der Waals surface area contributed by atoms with Crippen LogP contribution in [0, 0.1) is 0 Å². The predicted octanol–water partition coefficient (Wildman–Crippen LogP) is 0.322. The maximum absolute atomic E-state index is 10.4. The van der Waals surface area contributed by atoms with Gasteiger partial charge in [0.2, 0.25) is 0 Å². The van der Waals surface area contributed by atoms with Crippen molar-refractivity contribution in [2.45, 2.75) is 19.4 Å². The fraction of sp³-hybridized carbons (Fsp3) is 0.875. The van der Waals surface area contributed by atoms with Crippen LogP contribution in [0.1, 0.15) is 13.3 Å². The van der Waals surface area contributed by atoms with Gasteiger partial charge in [0.1, 0.15) is 0 Å². The number of hydroxylamine groups is 1. The number of hydrogen-bond acceptors (Lipinski definition) is 6. The average Bonchev–Trinajstić information content (AvgIpc) is 2.24. The lowest BCUT2D eigenvalue weighted by molar-refractivity contribution is -0.148. The van der Waals surface area contributed by atoms with Crippen molar-refractivity contribution in [3.63, 3.8) is 0 Å². The number of nitrogens with one attached hydrogen (secondary N) is 1. The van der Waals surface area contributed by atoms with Crippen molar-refractivity contribution in [3.05, 3.63) is 0 Å². The topological polar surface area (TPSA) is 66.0 Å². The molecule has 0 unspecified atom stereocenters. The summed E-state index contributed by atoms with van der Waals surface area (Å²) in [4.78, 5) is 15.0. The number of hydrogen-bond donors (Lipinski definition) is 1. The highest BCUT2D eigenvalue weighted by Crippen LogP contribution is 2.14. The molecule has 0 amide bonds. The maximum atomic E-state index is 10.4. The van der Waals surface area contributed by atoms with Crippen LogP contribution in [0.3, 0.4) is 0 Å². The van der Waals surface area contributed by atoms with Gasteiger partial charge in [-0.3, -0.25) is 4.79 Å². The smallest absolute Gasteiger partial charge is 0.377 e. The zero-order valence-electron chi connectivity index (χ0n) is 9.66. The third-order valence-electron chi connectivity index (χ3n) is 1.91. The van der Waals surface area contributed by atoms with Crippen LogP contribution in [0.25, 0.3) is 0 Å². The Morgan fingerprint density at radius 1 is 1.20 bits per heavy atom. The second-order valence-corrected chi connectivity index (χ2v) is 5.98. The Morgan fingerprint density at radius 3 is 2.13 bits per heavy atom. The molecule has 0 aliphatic heterocycles. The summed E-state index contributed by atoms with van der Waals surface area (Å²) in [5, 5.41) is 0. The van der Waals surface area contributed by atoms with Gasteiger partial charge in [-0.1, -0.05) is 0 Å². The molecule has 0 aromatic heterocycles. The van der Waals surface area contributed by atoms with E-state index in [0.717, 1.165) is 6.42 Å². The Hall–Kier alpha value is -0.473. The van der Waals surface area contributed by atoms with Crippen molar-refractivity contribution in [3.8, 4) is 0 Å². The fourth-order valence-corrected chi connectivity index (χ4v) is 2.81. The van der Waals surface area contributed by atoms with Gasteiger partial charge in [-0.15, -0.1) is 0 Å². The molecule has 0 fully saturated rings. The van der Waals surface area contributed by atoms with Gasteiger partial charge in [0, 0.05) is 40.8 Å². The lowest BCUT2D eigenvalue weighted by Crippen LogP contribution is -2.43. The molecule has 90 valence electrons. The number of carbonyl (C=O) groups is 1. The Balaban J connectivity index is 3.67. The molecule has 0 heterocycles. The van der Waals surface area contributed by atoms with Gasteiger partial charge in [-0.05, 0) is 6.42 Å². The van der Waals surface area contributed by atoms with Gasteiger partial charge in [-0.25, -0.2) is 0 Å². The Morgan fingerprint density at radius 2 is 1.73 bits per heavy atom. The molecular formula is C8H19NO5Si. The average molecular weight is 237 g/mol. The van der Waals surface area contributed by atoms with Gasteiger partial charge >= 0.3 is 14.8 Å². The quantitative estimate of drug-likeness (QED) is 0.373. The van der Waals surface area contributed by atoms with Crippen LogP contribution in [0.2, 0.25) is 6.04 Å². The zero-order chi connectivity index (χ0) is 11.7. The van der Waals surface area contributed by atoms with E-state index in [1.54, 1.807) is 21.3 Å². The van der Waals surface area contributed by atoms with Crippen LogP contribution in [0.5, 0.6) is 0 Å². The van der Waals surface area contributed by atoms with Crippen molar-refractivity contribution >= 4 is 14.8 Å². The lowest BCUT2D eigenvalue weighted by atomic mass is 10.5. The van der Waals surface area contributed by atoms with Crippen LogP contribution in [-0.2, 0) is 22.9 Å². The molecule has 15 heavy (non-hydrogen) atoms. The third-order valence-corrected chi connectivity index (χ3v) is 4.74. The second kappa shape index (κ2) is 7.77. The highest BCUT2D eigenvalue weighted by Gasteiger charge is 2.36. The second-order valence-electron chi connectivity index (χ2n) is 2.89. The first-order valence-electron chi connectivity index (χ1n) is 4.66. The molecule has 0 rings (SSSR count). The molecule has 0 aromatic rings. The minimum Gasteiger partial charge on any atom is -0.377 e. The summed E-state index contributed by atoms with van der Waals surface area (Å²) in [6.45, 7) is 1.88. The summed E-state index contributed by atoms with van der Waals surface area (Å²) in [5.41, 5.74) is 2.54. The highest BCUT2D eigenvalue weighted by atomic mass is 28.4.